The van der Waals surface area contributed by atoms with E-state index in [9.17, 15) is 10.1 Å². The fourth-order valence-corrected chi connectivity index (χ4v) is 1.90. The number of rotatable bonds is 1. The summed E-state index contributed by atoms with van der Waals surface area (Å²) in [6, 6.07) is 4.80. The molecule has 5 nitrogen and oxygen atoms in total. The molecule has 1 aliphatic rings. The van der Waals surface area contributed by atoms with E-state index in [-0.39, 0.29) is 9.74 Å². The fraction of sp³-hybridized carbons (Fsp3) is 0.143. The summed E-state index contributed by atoms with van der Waals surface area (Å²) in [6.07, 6.45) is 0. The zero-order valence-electron chi connectivity index (χ0n) is 6.45. The van der Waals surface area contributed by atoms with Gasteiger partial charge in [0.05, 0.1) is 10.6 Å². The molecule has 0 saturated heterocycles. The Hall–Kier alpha value is -0.890. The summed E-state index contributed by atoms with van der Waals surface area (Å²) in [7, 11) is 0. The molecule has 0 spiro atoms. The second kappa shape index (κ2) is 3.11. The van der Waals surface area contributed by atoms with Crippen LogP contribution in [0.2, 0.25) is 0 Å². The van der Waals surface area contributed by atoms with Gasteiger partial charge in [0.1, 0.15) is 4.05 Å². The average Bonchev–Trinajstić information content (AvgIpc) is 2.47. The van der Waals surface area contributed by atoms with Crippen LogP contribution in [0.25, 0.3) is 0 Å². The Morgan fingerprint density at radius 1 is 1.54 bits per heavy atom. The molecule has 2 rings (SSSR count). The Kier molecular flexibility index (Phi) is 2.08. The molecule has 1 atom stereocenters. The van der Waals surface area contributed by atoms with Gasteiger partial charge in [-0.3, -0.25) is 10.1 Å². The number of nitrogens with zero attached hydrogens (tertiary/aromatic N) is 1. The number of nitro benzene ring substituents is 1. The molecule has 1 aromatic carbocycles. The molecule has 0 fully saturated rings. The van der Waals surface area contributed by atoms with E-state index < -0.39 is 4.92 Å². The third-order valence-corrected chi connectivity index (χ3v) is 2.84. The Morgan fingerprint density at radius 2 is 2.31 bits per heavy atom. The lowest BCUT2D eigenvalue weighted by atomic mass is 10.2. The molecule has 1 aliphatic heterocycles. The highest BCUT2D eigenvalue weighted by molar-refractivity contribution is 14.1. The van der Waals surface area contributed by atoms with Crippen LogP contribution in [0.1, 0.15) is 9.61 Å². The minimum atomic E-state index is -0.400. The highest BCUT2D eigenvalue weighted by Crippen LogP contribution is 2.34. The van der Waals surface area contributed by atoms with Gasteiger partial charge in [-0.2, -0.15) is 0 Å². The van der Waals surface area contributed by atoms with E-state index in [1.807, 2.05) is 0 Å². The van der Waals surface area contributed by atoms with Crippen molar-refractivity contribution in [2.24, 2.45) is 0 Å². The first kappa shape index (κ1) is 8.70. The van der Waals surface area contributed by atoms with E-state index in [1.54, 1.807) is 6.07 Å². The Labute approximate surface area is 87.8 Å². The van der Waals surface area contributed by atoms with Gasteiger partial charge in [-0.05, 0) is 6.07 Å². The monoisotopic (exact) mass is 291 g/mol. The first-order valence-electron chi connectivity index (χ1n) is 3.62. The second-order valence-electron chi connectivity index (χ2n) is 2.66. The van der Waals surface area contributed by atoms with Crippen molar-refractivity contribution in [2.45, 2.75) is 4.05 Å². The Bertz CT molecular complexity index is 369. The van der Waals surface area contributed by atoms with Crippen LogP contribution >= 0.6 is 22.6 Å². The molecule has 0 aromatic heterocycles. The van der Waals surface area contributed by atoms with E-state index in [0.717, 1.165) is 11.3 Å². The van der Waals surface area contributed by atoms with Crippen LogP contribution in [0.15, 0.2) is 18.2 Å². The molecule has 1 aromatic rings. The summed E-state index contributed by atoms with van der Waals surface area (Å²) in [5.74, 6) is 0. The molecule has 13 heavy (non-hydrogen) atoms. The minimum absolute atomic E-state index is 0.110. The van der Waals surface area contributed by atoms with Crippen molar-refractivity contribution < 1.29 is 4.92 Å². The molecule has 68 valence electrons. The predicted molar refractivity (Wildman–Crippen MR) is 56.6 cm³/mol. The molecule has 0 saturated carbocycles. The van der Waals surface area contributed by atoms with E-state index in [2.05, 4.69) is 33.4 Å². The number of benzene rings is 1. The molecule has 0 amide bonds. The van der Waals surface area contributed by atoms with Crippen LogP contribution in [0.5, 0.6) is 0 Å². The summed E-state index contributed by atoms with van der Waals surface area (Å²) in [5, 5.41) is 10.4. The van der Waals surface area contributed by atoms with Gasteiger partial charge in [0.25, 0.3) is 5.69 Å². The van der Waals surface area contributed by atoms with Crippen molar-refractivity contribution in [3.8, 4) is 0 Å². The smallest absolute Gasteiger partial charge is 0.271 e. The van der Waals surface area contributed by atoms with Crippen LogP contribution in [0, 0.1) is 10.1 Å². The van der Waals surface area contributed by atoms with Crippen LogP contribution < -0.4 is 10.9 Å². The third-order valence-electron chi connectivity index (χ3n) is 1.85. The quantitative estimate of drug-likeness (QED) is 0.273. The number of nitrogens with one attached hydrogen (secondary N) is 2. The molecule has 0 radical (unpaired) electrons. The summed E-state index contributed by atoms with van der Waals surface area (Å²) in [6.45, 7) is 0. The van der Waals surface area contributed by atoms with E-state index in [0.29, 0.717) is 0 Å². The van der Waals surface area contributed by atoms with Gasteiger partial charge in [-0.25, -0.2) is 5.43 Å². The van der Waals surface area contributed by atoms with Crippen molar-refractivity contribution in [1.29, 1.82) is 0 Å². The molecule has 2 N–H and O–H groups in total. The zero-order valence-corrected chi connectivity index (χ0v) is 8.61. The van der Waals surface area contributed by atoms with Crippen LogP contribution in [0.3, 0.4) is 0 Å². The lowest BCUT2D eigenvalue weighted by Gasteiger charge is -1.98. The van der Waals surface area contributed by atoms with Gasteiger partial charge in [0, 0.05) is 17.7 Å². The zero-order chi connectivity index (χ0) is 9.42. The average molecular weight is 291 g/mol. The molecule has 6 heteroatoms. The number of nitro groups is 1. The van der Waals surface area contributed by atoms with Crippen LogP contribution in [-0.4, -0.2) is 4.92 Å². The highest BCUT2D eigenvalue weighted by atomic mass is 127. The lowest BCUT2D eigenvalue weighted by molar-refractivity contribution is -0.384. The standard InChI is InChI=1S/C7H6IN3O2/c8-7-5-2-1-4(11(12)13)3-6(5)9-10-7/h1-3,7,9-10H. The van der Waals surface area contributed by atoms with Gasteiger partial charge in [0.15, 0.2) is 0 Å². The van der Waals surface area contributed by atoms with Gasteiger partial charge < -0.3 is 5.43 Å². The van der Waals surface area contributed by atoms with Crippen molar-refractivity contribution in [3.05, 3.63) is 33.9 Å². The Balaban J connectivity index is 2.45. The maximum Gasteiger partial charge on any atom is 0.271 e. The first-order chi connectivity index (χ1) is 6.18. The molecule has 0 bridgehead atoms. The second-order valence-corrected chi connectivity index (χ2v) is 3.91. The topological polar surface area (TPSA) is 67.2 Å². The Morgan fingerprint density at radius 3 is 3.00 bits per heavy atom. The van der Waals surface area contributed by atoms with Gasteiger partial charge in [0.2, 0.25) is 0 Å². The van der Waals surface area contributed by atoms with E-state index in [1.165, 1.54) is 12.1 Å². The first-order valence-corrected chi connectivity index (χ1v) is 4.87. The summed E-state index contributed by atoms with van der Waals surface area (Å²) >= 11 is 2.21. The number of hydrogen-bond acceptors (Lipinski definition) is 4. The number of anilines is 1. The lowest BCUT2D eigenvalue weighted by Crippen LogP contribution is -2.13. The minimum Gasteiger partial charge on any atom is -0.320 e. The van der Waals surface area contributed by atoms with Crippen LogP contribution in [-0.2, 0) is 0 Å². The van der Waals surface area contributed by atoms with E-state index >= 15 is 0 Å². The number of non-ortho nitro benzene ring substituents is 1. The number of hydrazine groups is 1. The number of halogens is 1. The maximum absolute atomic E-state index is 10.4. The molecule has 0 aliphatic carbocycles. The predicted octanol–water partition coefficient (Wildman–Crippen LogP) is 1.96. The normalized spacial score (nSPS) is 19.3. The van der Waals surface area contributed by atoms with Crippen molar-refractivity contribution in [1.82, 2.24) is 5.43 Å². The summed E-state index contributed by atoms with van der Waals surface area (Å²) in [5.41, 5.74) is 7.79. The van der Waals surface area contributed by atoms with Gasteiger partial charge in [-0.1, -0.05) is 22.6 Å². The van der Waals surface area contributed by atoms with E-state index in [4.69, 9.17) is 0 Å². The van der Waals surface area contributed by atoms with Crippen molar-refractivity contribution in [2.75, 3.05) is 5.43 Å². The molecule has 1 heterocycles. The SMILES string of the molecule is O=[N+]([O-])c1ccc2c(c1)NNC2I. The van der Waals surface area contributed by atoms with Gasteiger partial charge >= 0.3 is 0 Å². The maximum atomic E-state index is 10.4. The van der Waals surface area contributed by atoms with Crippen LogP contribution in [0.4, 0.5) is 11.4 Å². The third kappa shape index (κ3) is 1.46. The molecular formula is C7H6IN3O2. The highest BCUT2D eigenvalue weighted by Gasteiger charge is 2.20. The number of fused-ring (bicyclic) bond motifs is 1. The van der Waals surface area contributed by atoms with Gasteiger partial charge in [-0.15, -0.1) is 0 Å². The summed E-state index contributed by atoms with van der Waals surface area (Å²) < 4.78 is 0.174. The van der Waals surface area contributed by atoms with Crippen molar-refractivity contribution in [3.63, 3.8) is 0 Å². The number of alkyl halides is 1. The molecular weight excluding hydrogens is 285 g/mol. The largest absolute Gasteiger partial charge is 0.320 e. The van der Waals surface area contributed by atoms with Crippen molar-refractivity contribution >= 4 is 34.0 Å². The summed E-state index contributed by atoms with van der Waals surface area (Å²) in [4.78, 5) is 10.0. The molecule has 1 unspecified atom stereocenters. The number of hydrogen-bond donors (Lipinski definition) is 2. The fourth-order valence-electron chi connectivity index (χ4n) is 1.21.